The Balaban J connectivity index is 1.71. The van der Waals surface area contributed by atoms with E-state index in [0.29, 0.717) is 27.8 Å². The maximum absolute atomic E-state index is 12.6. The molecule has 2 aromatic carbocycles. The Hall–Kier alpha value is -2.83. The second-order valence-corrected chi connectivity index (χ2v) is 6.94. The first-order valence-corrected chi connectivity index (χ1v) is 9.40. The maximum Gasteiger partial charge on any atom is 0.276 e. The van der Waals surface area contributed by atoms with Crippen molar-refractivity contribution in [2.45, 2.75) is 19.4 Å². The van der Waals surface area contributed by atoms with E-state index in [-0.39, 0.29) is 17.5 Å². The molecule has 144 valence electrons. The molecule has 0 radical (unpaired) electrons. The molecular formula is C20H18Cl2N4O2. The van der Waals surface area contributed by atoms with Crippen LogP contribution in [0.15, 0.2) is 60.8 Å². The fraction of sp³-hybridized carbons (Fsp3) is 0.150. The summed E-state index contributed by atoms with van der Waals surface area (Å²) in [6, 6.07) is 14.7. The highest BCUT2D eigenvalue weighted by atomic mass is 35.5. The molecular weight excluding hydrogens is 399 g/mol. The van der Waals surface area contributed by atoms with Gasteiger partial charge in [0, 0.05) is 27.6 Å². The lowest BCUT2D eigenvalue weighted by Gasteiger charge is -2.15. The van der Waals surface area contributed by atoms with E-state index in [4.69, 9.17) is 23.2 Å². The number of halogens is 2. The minimum Gasteiger partial charge on any atom is -0.324 e. The molecule has 0 unspecified atom stereocenters. The summed E-state index contributed by atoms with van der Waals surface area (Å²) < 4.78 is 1.48. The van der Waals surface area contributed by atoms with Gasteiger partial charge in [-0.15, -0.1) is 0 Å². The van der Waals surface area contributed by atoms with Gasteiger partial charge in [0.05, 0.1) is 0 Å². The SMILES string of the molecule is CC[C@@H](C(=O)Nc1cccc(Cl)c1)n1ccc(C(=O)Nc2cccc(Cl)c2)n1. The third-order valence-electron chi connectivity index (χ3n) is 4.02. The summed E-state index contributed by atoms with van der Waals surface area (Å²) in [5.74, 6) is -0.624. The van der Waals surface area contributed by atoms with Crippen LogP contribution in [0.25, 0.3) is 0 Å². The summed E-state index contributed by atoms with van der Waals surface area (Å²) in [5.41, 5.74) is 1.37. The minimum absolute atomic E-state index is 0.203. The van der Waals surface area contributed by atoms with Crippen molar-refractivity contribution in [1.29, 1.82) is 0 Å². The highest BCUT2D eigenvalue weighted by molar-refractivity contribution is 6.31. The summed E-state index contributed by atoms with van der Waals surface area (Å²) in [6.07, 6.45) is 2.11. The van der Waals surface area contributed by atoms with Crippen LogP contribution < -0.4 is 10.6 Å². The van der Waals surface area contributed by atoms with Crippen molar-refractivity contribution >= 4 is 46.4 Å². The van der Waals surface area contributed by atoms with Gasteiger partial charge in [-0.05, 0) is 48.9 Å². The first-order valence-electron chi connectivity index (χ1n) is 8.64. The Labute approximate surface area is 172 Å². The number of amides is 2. The Kier molecular flexibility index (Phi) is 6.34. The predicted octanol–water partition coefficient (Wildman–Crippen LogP) is 5.03. The molecule has 1 aromatic heterocycles. The van der Waals surface area contributed by atoms with Crippen LogP contribution in [0.2, 0.25) is 10.0 Å². The molecule has 0 aliphatic carbocycles. The molecule has 8 heteroatoms. The lowest BCUT2D eigenvalue weighted by Crippen LogP contribution is -2.26. The standard InChI is InChI=1S/C20H18Cl2N4O2/c1-2-18(20(28)24-16-8-4-6-14(22)12-16)26-10-9-17(25-26)19(27)23-15-7-3-5-13(21)11-15/h3-12,18H,2H2,1H3,(H,23,27)(H,24,28)/t18-/m0/s1. The number of carbonyl (C=O) groups is 2. The van der Waals surface area contributed by atoms with Crippen LogP contribution in [0.5, 0.6) is 0 Å². The molecule has 0 spiro atoms. The van der Waals surface area contributed by atoms with E-state index in [1.54, 1.807) is 60.8 Å². The van der Waals surface area contributed by atoms with Gasteiger partial charge in [-0.1, -0.05) is 42.3 Å². The molecule has 0 aliphatic heterocycles. The molecule has 0 saturated carbocycles. The molecule has 2 N–H and O–H groups in total. The van der Waals surface area contributed by atoms with Crippen molar-refractivity contribution in [3.8, 4) is 0 Å². The van der Waals surface area contributed by atoms with E-state index in [1.165, 1.54) is 4.68 Å². The van der Waals surface area contributed by atoms with Gasteiger partial charge >= 0.3 is 0 Å². The molecule has 0 fully saturated rings. The average Bonchev–Trinajstić information content (AvgIpc) is 3.12. The van der Waals surface area contributed by atoms with Crippen LogP contribution >= 0.6 is 23.2 Å². The van der Waals surface area contributed by atoms with Gasteiger partial charge in [0.15, 0.2) is 5.69 Å². The van der Waals surface area contributed by atoms with Crippen molar-refractivity contribution < 1.29 is 9.59 Å². The normalized spacial score (nSPS) is 11.7. The average molecular weight is 417 g/mol. The summed E-state index contributed by atoms with van der Waals surface area (Å²) in [4.78, 5) is 25.0. The molecule has 0 aliphatic rings. The second-order valence-electron chi connectivity index (χ2n) is 6.07. The van der Waals surface area contributed by atoms with E-state index in [9.17, 15) is 9.59 Å². The zero-order valence-corrected chi connectivity index (χ0v) is 16.5. The van der Waals surface area contributed by atoms with E-state index >= 15 is 0 Å². The zero-order chi connectivity index (χ0) is 20.1. The van der Waals surface area contributed by atoms with Gasteiger partial charge in [-0.2, -0.15) is 5.10 Å². The zero-order valence-electron chi connectivity index (χ0n) is 15.0. The molecule has 3 aromatic rings. The molecule has 2 amide bonds. The van der Waals surface area contributed by atoms with Crippen molar-refractivity contribution in [3.63, 3.8) is 0 Å². The minimum atomic E-state index is -0.563. The number of benzene rings is 2. The first kappa shape index (κ1) is 19.9. The molecule has 6 nitrogen and oxygen atoms in total. The predicted molar refractivity (Wildman–Crippen MR) is 111 cm³/mol. The number of nitrogens with zero attached hydrogens (tertiary/aromatic N) is 2. The highest BCUT2D eigenvalue weighted by Crippen LogP contribution is 2.19. The van der Waals surface area contributed by atoms with E-state index in [0.717, 1.165) is 0 Å². The Morgan fingerprint density at radius 2 is 1.61 bits per heavy atom. The number of hydrogen-bond acceptors (Lipinski definition) is 3. The number of hydrogen-bond donors (Lipinski definition) is 2. The Morgan fingerprint density at radius 1 is 1.00 bits per heavy atom. The topological polar surface area (TPSA) is 76.0 Å². The number of anilines is 2. The van der Waals surface area contributed by atoms with Gasteiger partial charge in [0.2, 0.25) is 5.91 Å². The van der Waals surface area contributed by atoms with Gasteiger partial charge in [0.25, 0.3) is 5.91 Å². The third kappa shape index (κ3) is 4.91. The van der Waals surface area contributed by atoms with Crippen LogP contribution in [0, 0.1) is 0 Å². The van der Waals surface area contributed by atoms with Gasteiger partial charge in [-0.3, -0.25) is 14.3 Å². The number of aromatic nitrogens is 2. The first-order chi connectivity index (χ1) is 13.5. The lowest BCUT2D eigenvalue weighted by molar-refractivity contribution is -0.119. The van der Waals surface area contributed by atoms with Crippen molar-refractivity contribution in [3.05, 3.63) is 76.5 Å². The number of rotatable bonds is 6. The summed E-state index contributed by atoms with van der Waals surface area (Å²) >= 11 is 11.9. The van der Waals surface area contributed by atoms with Crippen LogP contribution in [-0.4, -0.2) is 21.6 Å². The van der Waals surface area contributed by atoms with Gasteiger partial charge in [0.1, 0.15) is 6.04 Å². The monoisotopic (exact) mass is 416 g/mol. The summed E-state index contributed by atoms with van der Waals surface area (Å²) in [5, 5.41) is 10.9. The third-order valence-corrected chi connectivity index (χ3v) is 4.49. The lowest BCUT2D eigenvalue weighted by atomic mass is 10.2. The molecule has 28 heavy (non-hydrogen) atoms. The maximum atomic E-state index is 12.6. The molecule has 1 atom stereocenters. The van der Waals surface area contributed by atoms with Crippen LogP contribution in [-0.2, 0) is 4.79 Å². The van der Waals surface area contributed by atoms with Crippen molar-refractivity contribution in [1.82, 2.24) is 9.78 Å². The number of nitrogens with one attached hydrogen (secondary N) is 2. The smallest absolute Gasteiger partial charge is 0.276 e. The fourth-order valence-electron chi connectivity index (χ4n) is 2.68. The molecule has 0 saturated heterocycles. The molecule has 0 bridgehead atoms. The largest absolute Gasteiger partial charge is 0.324 e. The Bertz CT molecular complexity index is 1000. The van der Waals surface area contributed by atoms with Crippen molar-refractivity contribution in [2.24, 2.45) is 0 Å². The van der Waals surface area contributed by atoms with Gasteiger partial charge in [-0.25, -0.2) is 0 Å². The van der Waals surface area contributed by atoms with Crippen molar-refractivity contribution in [2.75, 3.05) is 10.6 Å². The van der Waals surface area contributed by atoms with E-state index in [2.05, 4.69) is 15.7 Å². The van der Waals surface area contributed by atoms with Gasteiger partial charge < -0.3 is 10.6 Å². The van der Waals surface area contributed by atoms with Crippen LogP contribution in [0.1, 0.15) is 29.9 Å². The van der Waals surface area contributed by atoms with E-state index in [1.807, 2.05) is 6.92 Å². The summed E-state index contributed by atoms with van der Waals surface area (Å²) in [6.45, 7) is 1.87. The second kappa shape index (κ2) is 8.91. The Morgan fingerprint density at radius 3 is 2.18 bits per heavy atom. The van der Waals surface area contributed by atoms with Crippen LogP contribution in [0.4, 0.5) is 11.4 Å². The molecule has 1 heterocycles. The van der Waals surface area contributed by atoms with Crippen LogP contribution in [0.3, 0.4) is 0 Å². The quantitative estimate of drug-likeness (QED) is 0.591. The molecule has 3 rings (SSSR count). The number of carbonyl (C=O) groups excluding carboxylic acids is 2. The van der Waals surface area contributed by atoms with E-state index < -0.39 is 6.04 Å². The fourth-order valence-corrected chi connectivity index (χ4v) is 3.06. The summed E-state index contributed by atoms with van der Waals surface area (Å²) in [7, 11) is 0. The highest BCUT2D eigenvalue weighted by Gasteiger charge is 2.21.